The Balaban J connectivity index is -0.0000000162. The topological polar surface area (TPSA) is 883 Å². The van der Waals surface area contributed by atoms with Crippen molar-refractivity contribution in [3.63, 3.8) is 0 Å². The molecule has 0 saturated carbocycles. The van der Waals surface area contributed by atoms with Gasteiger partial charge < -0.3 is 218 Å². The maximum atomic E-state index is 8.89. The predicted molar refractivity (Wildman–Crippen MR) is 235 cm³/mol. The van der Waals surface area contributed by atoms with Gasteiger partial charge in [0.25, 0.3) is 0 Å². The molecule has 0 N–H and O–H groups in total. The van der Waals surface area contributed by atoms with E-state index in [-0.39, 0.29) is 208 Å². The molecule has 0 bridgehead atoms. The zero-order valence-corrected chi connectivity index (χ0v) is 71.6. The van der Waals surface area contributed by atoms with E-state index in [2.05, 4.69) is 0 Å². The van der Waals surface area contributed by atoms with E-state index in [0.29, 0.717) is 0 Å². The molecule has 53 heteroatoms. The third-order valence-corrected chi connectivity index (χ3v) is 0. The molecule has 0 aliphatic heterocycles. The van der Waals surface area contributed by atoms with E-state index >= 15 is 0 Å². The number of hydrogen-bond donors (Lipinski definition) is 0. The zero-order chi connectivity index (χ0) is 78.7. The average molecular weight is 2240 g/mol. The number of carbonyl (C=O) groups is 22. The second-order valence-corrected chi connectivity index (χ2v) is 10.8. The molecular weight excluding hydrogens is 2170 g/mol. The van der Waals surface area contributed by atoms with E-state index in [1.54, 1.807) is 0 Å². The predicted octanol–water partition coefficient (Wildman–Crippen LogP) is -30.4. The summed E-state index contributed by atoms with van der Waals surface area (Å²) in [5.74, 6) is -23.8. The Kier molecular flexibility index (Phi) is 418. The van der Waals surface area contributed by atoms with Gasteiger partial charge in [0.15, 0.2) is 0 Å². The molecule has 0 amide bonds. The Labute approximate surface area is 702 Å². The van der Waals surface area contributed by atoms with Crippen LogP contribution in [-0.2, 0) is 262 Å². The molecule has 0 heterocycles. The van der Waals surface area contributed by atoms with Crippen molar-refractivity contribution in [3.05, 3.63) is 0 Å². The fourth-order valence-electron chi connectivity index (χ4n) is 0. The monoisotopic (exact) mass is 2240 g/mol. The fourth-order valence-corrected chi connectivity index (χ4v) is 0. The van der Waals surface area contributed by atoms with Gasteiger partial charge in [-0.3, -0.25) is 0 Å². The first-order valence-electron chi connectivity index (χ1n) is 20.0. The van der Waals surface area contributed by atoms with Gasteiger partial charge in [0.05, 0.1) is 0 Å². The first kappa shape index (κ1) is 205. The van der Waals surface area contributed by atoms with E-state index < -0.39 is 131 Å². The smallest absolute Gasteiger partial charge is 0.550 e. The first-order valence-corrected chi connectivity index (χ1v) is 20.0. The number of carbonyl (C=O) groups excluding carboxylic acids is 22. The normalized spacial score (nSPS) is 5.67. The summed E-state index contributed by atoms with van der Waals surface area (Å²) >= 11 is 0. The molecule has 97 heavy (non-hydrogen) atoms. The standard InChI is InChI=1S/22C2H4O2.Au.Co.Fe.K.Mn.Pd.Pt.Re.Ti/c22*1-2(3)4;;;;;;;;;/h22*1H3,(H,3,4);;;;;;;;;/q;;;;;;;;;;;;;;;;;;;;;;+3;2*+2;+1;3*+2;2*+4/p-22. The van der Waals surface area contributed by atoms with E-state index in [1.807, 2.05) is 0 Å². The summed E-state index contributed by atoms with van der Waals surface area (Å²) < 4.78 is 0. The van der Waals surface area contributed by atoms with Crippen LogP contribution in [0.3, 0.4) is 0 Å². The van der Waals surface area contributed by atoms with Crippen molar-refractivity contribution in [3.8, 4) is 0 Å². The minimum absolute atomic E-state index is 0. The van der Waals surface area contributed by atoms with Crippen molar-refractivity contribution in [2.75, 3.05) is 0 Å². The van der Waals surface area contributed by atoms with Crippen LogP contribution < -0.4 is 164 Å². The molecule has 44 nitrogen and oxygen atoms in total. The second kappa shape index (κ2) is 198. The summed E-state index contributed by atoms with van der Waals surface area (Å²) in [5, 5.41) is 196. The van der Waals surface area contributed by atoms with Gasteiger partial charge in [-0.05, 0) is 152 Å². The Morgan fingerprint density at radius 3 is 0.175 bits per heavy atom. The Hall–Kier alpha value is -5.01. The Morgan fingerprint density at radius 2 is 0.175 bits per heavy atom. The first-order chi connectivity index (χ1) is 38.1. The van der Waals surface area contributed by atoms with Crippen molar-refractivity contribution in [2.45, 2.75) is 152 Å². The van der Waals surface area contributed by atoms with Crippen LogP contribution in [0.15, 0.2) is 0 Å². The third-order valence-electron chi connectivity index (χ3n) is 0. The molecule has 0 aromatic rings. The zero-order valence-electron chi connectivity index (χ0n) is 54.8. The molecule has 0 unspecified atom stereocenters. The number of hydrogen-bond acceptors (Lipinski definition) is 44. The van der Waals surface area contributed by atoms with Crippen LogP contribution in [0.2, 0.25) is 0 Å². The SMILES string of the molecule is CC(=O)[O-].CC(=O)[O-].CC(=O)[O-].CC(=O)[O-].CC(=O)[O-].CC(=O)[O-].CC(=O)[O-].CC(=O)[O-].CC(=O)[O-].CC(=O)[O-].CC(=O)[O-].CC(=O)[O-].CC(=O)[O-].CC(=O)[O-].CC(=O)[O-].CC(=O)[O-].CC(=O)[O-].CC(=O)[O-].CC(=O)[O-].CC(=O)[O-].CC(=O)[O-].CC(=O)[O-].[Au+3].[Co+2].[Fe+2].[K+].[Mn+2].[Pd+2].[Pt+2].[Re+4].[Ti+4]. The summed E-state index contributed by atoms with van der Waals surface area (Å²) in [6, 6.07) is 0. The summed E-state index contributed by atoms with van der Waals surface area (Å²) in [7, 11) is 0. The van der Waals surface area contributed by atoms with E-state index in [9.17, 15) is 0 Å². The molecule has 0 aliphatic carbocycles. The number of carboxylic acid groups (broad SMARTS) is 22. The average Bonchev–Trinajstić information content (AvgIpc) is 3.06. The van der Waals surface area contributed by atoms with E-state index in [1.165, 1.54) is 0 Å². The van der Waals surface area contributed by atoms with Gasteiger partial charge >= 0.3 is 208 Å². The Bertz CT molecular complexity index is 1250. The number of aliphatic carboxylic acids is 22. The minimum atomic E-state index is -1.08. The second-order valence-electron chi connectivity index (χ2n) is 10.8. The summed E-state index contributed by atoms with van der Waals surface area (Å²) in [6.45, 7) is 21.4. The molecule has 0 aromatic carbocycles. The molecule has 0 atom stereocenters. The maximum absolute atomic E-state index is 8.89. The molecule has 0 rings (SSSR count). The van der Waals surface area contributed by atoms with Crippen LogP contribution >= 0.6 is 0 Å². The minimum Gasteiger partial charge on any atom is -0.550 e. The van der Waals surface area contributed by atoms with Crippen molar-refractivity contribution >= 4 is 131 Å². The van der Waals surface area contributed by atoms with Crippen LogP contribution in [0.1, 0.15) is 152 Å². The quantitative estimate of drug-likeness (QED) is 0.203. The fraction of sp³-hybridized carbons (Fsp3) is 0.500. The van der Waals surface area contributed by atoms with Gasteiger partial charge in [0.1, 0.15) is 0 Å². The van der Waals surface area contributed by atoms with Gasteiger partial charge in [0, 0.05) is 131 Å². The number of carboxylic acids is 22. The van der Waals surface area contributed by atoms with Gasteiger partial charge in [0.2, 0.25) is 0 Å². The Morgan fingerprint density at radius 1 is 0.175 bits per heavy atom. The van der Waals surface area contributed by atoms with Crippen LogP contribution in [0.5, 0.6) is 0 Å². The van der Waals surface area contributed by atoms with Crippen molar-refractivity contribution in [2.24, 2.45) is 0 Å². The maximum Gasteiger partial charge on any atom is 4.00 e. The third kappa shape index (κ3) is 28700. The largest absolute Gasteiger partial charge is 4.00 e. The van der Waals surface area contributed by atoms with Gasteiger partial charge in [-0.25, -0.2) is 0 Å². The van der Waals surface area contributed by atoms with Crippen LogP contribution in [-0.4, -0.2) is 131 Å². The van der Waals surface area contributed by atoms with Crippen LogP contribution in [0, 0.1) is 0 Å². The molecule has 0 aromatic heterocycles. The summed E-state index contributed by atoms with van der Waals surface area (Å²) in [6.07, 6.45) is 0. The molecule has 0 saturated heterocycles. The molecular formula is C44H66AuCoFeKMnO44PdPtReTi. The van der Waals surface area contributed by atoms with Crippen molar-refractivity contribution in [1.29, 1.82) is 0 Å². The van der Waals surface area contributed by atoms with Gasteiger partial charge in [-0.1, -0.05) is 0 Å². The summed E-state index contributed by atoms with van der Waals surface area (Å²) in [4.78, 5) is 196. The molecule has 573 valence electrons. The van der Waals surface area contributed by atoms with Gasteiger partial charge in [-0.2, -0.15) is 0 Å². The van der Waals surface area contributed by atoms with Crippen LogP contribution in [0.25, 0.3) is 0 Å². The molecule has 0 fully saturated rings. The molecule has 0 aliphatic rings. The van der Waals surface area contributed by atoms with Gasteiger partial charge in [-0.15, -0.1) is 0 Å². The van der Waals surface area contributed by atoms with Crippen molar-refractivity contribution < 1.29 is 426 Å². The van der Waals surface area contributed by atoms with E-state index in [4.69, 9.17) is 218 Å². The van der Waals surface area contributed by atoms with Crippen molar-refractivity contribution in [1.82, 2.24) is 0 Å². The van der Waals surface area contributed by atoms with Crippen LogP contribution in [0.4, 0.5) is 0 Å². The summed E-state index contributed by atoms with van der Waals surface area (Å²) in [5.41, 5.74) is 0. The molecule has 0 spiro atoms. The number of rotatable bonds is 0. The van der Waals surface area contributed by atoms with E-state index in [0.717, 1.165) is 152 Å². The molecule has 3 radical (unpaired) electrons.